The summed E-state index contributed by atoms with van der Waals surface area (Å²) in [5.74, 6) is -0.393. The molecule has 2 aliphatic heterocycles. The Hall–Kier alpha value is -0.980. The molecule has 2 rings (SSSR count). The average molecular weight is 269 g/mol. The summed E-state index contributed by atoms with van der Waals surface area (Å²) >= 11 is 0. The Kier molecular flexibility index (Phi) is 4.90. The highest BCUT2D eigenvalue weighted by Crippen LogP contribution is 2.09. The maximum atomic E-state index is 11.6. The fourth-order valence-corrected chi connectivity index (χ4v) is 2.50. The lowest BCUT2D eigenvalue weighted by molar-refractivity contribution is -0.134. The van der Waals surface area contributed by atoms with Crippen molar-refractivity contribution in [3.8, 4) is 0 Å². The smallest absolute Gasteiger partial charge is 0.243 e. The summed E-state index contributed by atoms with van der Waals surface area (Å²) in [5, 5.41) is 5.56. The van der Waals surface area contributed by atoms with Crippen LogP contribution in [0.5, 0.6) is 0 Å². The van der Waals surface area contributed by atoms with E-state index in [1.165, 1.54) is 0 Å². The predicted molar refractivity (Wildman–Crippen MR) is 70.6 cm³/mol. The van der Waals surface area contributed by atoms with Crippen LogP contribution in [0.4, 0.5) is 0 Å². The van der Waals surface area contributed by atoms with E-state index in [0.717, 1.165) is 19.7 Å². The molecule has 2 heterocycles. The zero-order valence-electron chi connectivity index (χ0n) is 11.6. The Balaban J connectivity index is 1.76. The monoisotopic (exact) mass is 269 g/mol. The molecule has 0 aromatic heterocycles. The number of carbonyl (C=O) groups excluding carboxylic acids is 2. The van der Waals surface area contributed by atoms with E-state index in [1.807, 2.05) is 0 Å². The van der Waals surface area contributed by atoms with E-state index in [-0.39, 0.29) is 24.0 Å². The number of morpholine rings is 1. The molecule has 6 heteroatoms. The molecule has 19 heavy (non-hydrogen) atoms. The predicted octanol–water partition coefficient (Wildman–Crippen LogP) is -0.510. The summed E-state index contributed by atoms with van der Waals surface area (Å²) in [6, 6.07) is 0.248. The highest BCUT2D eigenvalue weighted by atomic mass is 16.5. The molecule has 0 bridgehead atoms. The quantitative estimate of drug-likeness (QED) is 0.673. The first kappa shape index (κ1) is 14.4. The van der Waals surface area contributed by atoms with Gasteiger partial charge in [-0.25, -0.2) is 0 Å². The van der Waals surface area contributed by atoms with Gasteiger partial charge in [-0.1, -0.05) is 0 Å². The Morgan fingerprint density at radius 3 is 2.95 bits per heavy atom. The molecule has 0 aromatic rings. The molecular formula is C13H23N3O3. The number of rotatable bonds is 4. The Bertz CT molecular complexity index is 346. The SMILES string of the molecule is CC(C)N1CCOC(CNC2CCC(=O)NC2=O)C1. The number of piperidine rings is 1. The van der Waals surface area contributed by atoms with Crippen LogP contribution >= 0.6 is 0 Å². The lowest BCUT2D eigenvalue weighted by Gasteiger charge is -2.36. The van der Waals surface area contributed by atoms with Gasteiger partial charge < -0.3 is 10.1 Å². The van der Waals surface area contributed by atoms with E-state index in [1.54, 1.807) is 0 Å². The maximum Gasteiger partial charge on any atom is 0.243 e. The Morgan fingerprint density at radius 1 is 1.47 bits per heavy atom. The van der Waals surface area contributed by atoms with Crippen molar-refractivity contribution in [1.82, 2.24) is 15.5 Å². The summed E-state index contributed by atoms with van der Waals surface area (Å²) < 4.78 is 5.70. The third-order valence-electron chi connectivity index (χ3n) is 3.73. The van der Waals surface area contributed by atoms with Gasteiger partial charge in [0.1, 0.15) is 0 Å². The highest BCUT2D eigenvalue weighted by molar-refractivity contribution is 6.00. The molecule has 2 aliphatic rings. The molecule has 0 radical (unpaired) electrons. The van der Waals surface area contributed by atoms with Crippen molar-refractivity contribution in [2.45, 2.75) is 44.9 Å². The van der Waals surface area contributed by atoms with Gasteiger partial charge in [-0.3, -0.25) is 19.8 Å². The van der Waals surface area contributed by atoms with E-state index in [9.17, 15) is 9.59 Å². The van der Waals surface area contributed by atoms with E-state index >= 15 is 0 Å². The second-order valence-corrected chi connectivity index (χ2v) is 5.49. The van der Waals surface area contributed by atoms with Gasteiger partial charge in [0.2, 0.25) is 11.8 Å². The molecule has 2 atom stereocenters. The average Bonchev–Trinajstić information content (AvgIpc) is 2.38. The summed E-state index contributed by atoms with van der Waals surface area (Å²) in [7, 11) is 0. The van der Waals surface area contributed by atoms with E-state index in [0.29, 0.717) is 25.4 Å². The molecule has 108 valence electrons. The molecule has 2 N–H and O–H groups in total. The van der Waals surface area contributed by atoms with Crippen LogP contribution in [0.15, 0.2) is 0 Å². The molecule has 2 saturated heterocycles. The van der Waals surface area contributed by atoms with Crippen LogP contribution in [0.2, 0.25) is 0 Å². The van der Waals surface area contributed by atoms with Crippen molar-refractivity contribution in [1.29, 1.82) is 0 Å². The van der Waals surface area contributed by atoms with E-state index in [4.69, 9.17) is 4.74 Å². The van der Waals surface area contributed by atoms with Crippen molar-refractivity contribution in [3.63, 3.8) is 0 Å². The minimum atomic E-state index is -0.268. The largest absolute Gasteiger partial charge is 0.374 e. The number of nitrogens with zero attached hydrogens (tertiary/aromatic N) is 1. The van der Waals surface area contributed by atoms with Gasteiger partial charge in [-0.2, -0.15) is 0 Å². The van der Waals surface area contributed by atoms with Gasteiger partial charge in [0.15, 0.2) is 0 Å². The van der Waals surface area contributed by atoms with Crippen LogP contribution in [-0.4, -0.2) is 61.1 Å². The van der Waals surface area contributed by atoms with Gasteiger partial charge in [0.25, 0.3) is 0 Å². The van der Waals surface area contributed by atoms with Gasteiger partial charge in [-0.05, 0) is 20.3 Å². The second-order valence-electron chi connectivity index (χ2n) is 5.49. The molecule has 0 aliphatic carbocycles. The van der Waals surface area contributed by atoms with Crippen LogP contribution in [0.1, 0.15) is 26.7 Å². The highest BCUT2D eigenvalue weighted by Gasteiger charge is 2.28. The van der Waals surface area contributed by atoms with Crippen molar-refractivity contribution in [3.05, 3.63) is 0 Å². The first-order chi connectivity index (χ1) is 9.06. The summed E-state index contributed by atoms with van der Waals surface area (Å²) in [6.45, 7) is 7.59. The second kappa shape index (κ2) is 6.45. The van der Waals surface area contributed by atoms with Crippen molar-refractivity contribution >= 4 is 11.8 Å². The molecule has 2 amide bonds. The normalized spacial score (nSPS) is 29.6. The lowest BCUT2D eigenvalue weighted by atomic mass is 10.1. The molecule has 0 aromatic carbocycles. The van der Waals surface area contributed by atoms with Crippen LogP contribution in [0.3, 0.4) is 0 Å². The Labute approximate surface area is 113 Å². The van der Waals surface area contributed by atoms with Crippen LogP contribution in [-0.2, 0) is 14.3 Å². The van der Waals surface area contributed by atoms with Crippen molar-refractivity contribution < 1.29 is 14.3 Å². The fraction of sp³-hybridized carbons (Fsp3) is 0.846. The van der Waals surface area contributed by atoms with Crippen LogP contribution in [0, 0.1) is 0 Å². The number of ether oxygens (including phenoxy) is 1. The van der Waals surface area contributed by atoms with Crippen molar-refractivity contribution in [2.75, 3.05) is 26.2 Å². The minimum absolute atomic E-state index is 0.113. The number of hydrogen-bond donors (Lipinski definition) is 2. The molecular weight excluding hydrogens is 246 g/mol. The van der Waals surface area contributed by atoms with Gasteiger partial charge >= 0.3 is 0 Å². The number of carbonyl (C=O) groups is 2. The zero-order valence-corrected chi connectivity index (χ0v) is 11.6. The number of nitrogens with one attached hydrogen (secondary N) is 2. The van der Waals surface area contributed by atoms with Crippen LogP contribution < -0.4 is 10.6 Å². The van der Waals surface area contributed by atoms with E-state index in [2.05, 4.69) is 29.4 Å². The van der Waals surface area contributed by atoms with Gasteiger partial charge in [-0.15, -0.1) is 0 Å². The summed E-state index contributed by atoms with van der Waals surface area (Å²) in [4.78, 5) is 25.0. The fourth-order valence-electron chi connectivity index (χ4n) is 2.50. The first-order valence-corrected chi connectivity index (χ1v) is 6.99. The zero-order chi connectivity index (χ0) is 13.8. The third-order valence-corrected chi connectivity index (χ3v) is 3.73. The van der Waals surface area contributed by atoms with Crippen molar-refractivity contribution in [2.24, 2.45) is 0 Å². The third kappa shape index (κ3) is 3.99. The topological polar surface area (TPSA) is 70.7 Å². The first-order valence-electron chi connectivity index (χ1n) is 6.99. The molecule has 0 saturated carbocycles. The van der Waals surface area contributed by atoms with Gasteiger partial charge in [0.05, 0.1) is 18.8 Å². The maximum absolute atomic E-state index is 11.6. The molecule has 0 spiro atoms. The number of imide groups is 1. The molecule has 2 unspecified atom stereocenters. The van der Waals surface area contributed by atoms with Crippen LogP contribution in [0.25, 0.3) is 0 Å². The number of hydrogen-bond acceptors (Lipinski definition) is 5. The Morgan fingerprint density at radius 2 is 2.26 bits per heavy atom. The number of amides is 2. The standard InChI is InChI=1S/C13H23N3O3/c1-9(2)16-5-6-19-10(8-16)7-14-11-3-4-12(17)15-13(11)18/h9-11,14H,3-8H2,1-2H3,(H,15,17,18). The minimum Gasteiger partial charge on any atom is -0.374 e. The molecule has 6 nitrogen and oxygen atoms in total. The summed E-state index contributed by atoms with van der Waals surface area (Å²) in [6.07, 6.45) is 1.10. The van der Waals surface area contributed by atoms with E-state index < -0.39 is 0 Å². The van der Waals surface area contributed by atoms with Gasteiger partial charge in [0, 0.05) is 32.1 Å². The summed E-state index contributed by atoms with van der Waals surface area (Å²) in [5.41, 5.74) is 0. The lowest BCUT2D eigenvalue weighted by Crippen LogP contribution is -2.55. The molecule has 2 fully saturated rings.